The van der Waals surface area contributed by atoms with Crippen LogP contribution in [0.3, 0.4) is 0 Å². The molecule has 27 heavy (non-hydrogen) atoms. The minimum atomic E-state index is -0.419. The monoisotopic (exact) mass is 368 g/mol. The third-order valence-corrected chi connectivity index (χ3v) is 5.10. The summed E-state index contributed by atoms with van der Waals surface area (Å²) in [6.07, 6.45) is 1.78. The van der Waals surface area contributed by atoms with Gasteiger partial charge in [-0.05, 0) is 38.0 Å². The molecule has 0 saturated carbocycles. The molecule has 0 bridgehead atoms. The predicted molar refractivity (Wildman–Crippen MR) is 99.9 cm³/mol. The van der Waals surface area contributed by atoms with Gasteiger partial charge in [0.15, 0.2) is 17.3 Å². The lowest BCUT2D eigenvalue weighted by Gasteiger charge is -2.30. The first-order valence-electron chi connectivity index (χ1n) is 9.01. The number of ether oxygens (including phenoxy) is 2. The number of carbonyl (C=O) groups is 1. The number of hydrogen-bond acceptors (Lipinski definition) is 6. The number of fused-ring (bicyclic) bond motifs is 1. The van der Waals surface area contributed by atoms with Gasteiger partial charge in [0.2, 0.25) is 0 Å². The summed E-state index contributed by atoms with van der Waals surface area (Å²) >= 11 is 0. The maximum atomic E-state index is 11.7. The number of hydrogen-bond donors (Lipinski definition) is 0. The van der Waals surface area contributed by atoms with E-state index in [4.69, 9.17) is 9.47 Å². The Balaban J connectivity index is 1.77. The Bertz CT molecular complexity index is 911. The van der Waals surface area contributed by atoms with Crippen molar-refractivity contribution < 1.29 is 19.2 Å². The molecule has 7 nitrogen and oxygen atoms in total. The average molecular weight is 368 g/mol. The van der Waals surface area contributed by atoms with Crippen LogP contribution in [0.4, 0.5) is 11.4 Å². The number of para-hydroxylation sites is 1. The van der Waals surface area contributed by atoms with Crippen molar-refractivity contribution >= 4 is 17.2 Å². The van der Waals surface area contributed by atoms with Crippen molar-refractivity contribution in [2.45, 2.75) is 25.8 Å². The molecule has 2 aliphatic heterocycles. The molecular formula is C20H20N2O5. The number of nitrogens with zero attached hydrogens (tertiary/aromatic N) is 2. The number of rotatable bonds is 4. The second kappa shape index (κ2) is 6.90. The Morgan fingerprint density at radius 1 is 1.22 bits per heavy atom. The SMILES string of the molecule is CC(=O)c1ccc(N2CCCC2c2cccc3c2OCCO3)c([N+](=O)[O-])c1. The lowest BCUT2D eigenvalue weighted by Crippen LogP contribution is -2.25. The smallest absolute Gasteiger partial charge is 0.293 e. The van der Waals surface area contributed by atoms with Gasteiger partial charge in [-0.3, -0.25) is 14.9 Å². The summed E-state index contributed by atoms with van der Waals surface area (Å²) < 4.78 is 11.5. The molecule has 4 rings (SSSR count). The van der Waals surface area contributed by atoms with Crippen molar-refractivity contribution in [2.75, 3.05) is 24.7 Å². The Hall–Kier alpha value is -3.09. The van der Waals surface area contributed by atoms with Crippen molar-refractivity contribution in [1.29, 1.82) is 0 Å². The van der Waals surface area contributed by atoms with Crippen LogP contribution in [0.1, 0.15) is 41.7 Å². The third kappa shape index (κ3) is 3.09. The van der Waals surface area contributed by atoms with Crippen LogP contribution in [0, 0.1) is 10.1 Å². The van der Waals surface area contributed by atoms with Gasteiger partial charge in [-0.25, -0.2) is 0 Å². The summed E-state index contributed by atoms with van der Waals surface area (Å²) in [5.74, 6) is 1.25. The van der Waals surface area contributed by atoms with Gasteiger partial charge in [0.05, 0.1) is 11.0 Å². The summed E-state index contributed by atoms with van der Waals surface area (Å²) in [6, 6.07) is 10.5. The van der Waals surface area contributed by atoms with Crippen molar-refractivity contribution in [3.8, 4) is 11.5 Å². The van der Waals surface area contributed by atoms with Gasteiger partial charge in [0.1, 0.15) is 18.9 Å². The number of Topliss-reactive ketones (excluding diaryl/α,β-unsaturated/α-hetero) is 1. The lowest BCUT2D eigenvalue weighted by atomic mass is 10.0. The van der Waals surface area contributed by atoms with Crippen LogP contribution in [0.25, 0.3) is 0 Å². The summed E-state index contributed by atoms with van der Waals surface area (Å²) in [6.45, 7) is 3.12. The van der Waals surface area contributed by atoms with E-state index in [0.29, 0.717) is 36.8 Å². The van der Waals surface area contributed by atoms with Gasteiger partial charge < -0.3 is 14.4 Å². The molecule has 1 atom stereocenters. The predicted octanol–water partition coefficient (Wildman–Crippen LogP) is 3.91. The molecule has 2 heterocycles. The number of nitro groups is 1. The van der Waals surface area contributed by atoms with Crippen LogP contribution >= 0.6 is 0 Å². The van der Waals surface area contributed by atoms with Gasteiger partial charge >= 0.3 is 0 Å². The van der Waals surface area contributed by atoms with E-state index in [0.717, 1.165) is 24.2 Å². The van der Waals surface area contributed by atoms with Gasteiger partial charge in [-0.1, -0.05) is 12.1 Å². The van der Waals surface area contributed by atoms with E-state index in [1.165, 1.54) is 13.0 Å². The molecule has 0 amide bonds. The molecule has 0 aliphatic carbocycles. The summed E-state index contributed by atoms with van der Waals surface area (Å²) in [4.78, 5) is 24.9. The zero-order valence-corrected chi connectivity index (χ0v) is 15.0. The van der Waals surface area contributed by atoms with E-state index in [2.05, 4.69) is 0 Å². The number of benzene rings is 2. The van der Waals surface area contributed by atoms with Crippen LogP contribution < -0.4 is 14.4 Å². The van der Waals surface area contributed by atoms with Gasteiger partial charge in [0.25, 0.3) is 5.69 Å². The Morgan fingerprint density at radius 3 is 2.81 bits per heavy atom. The highest BCUT2D eigenvalue weighted by atomic mass is 16.6. The number of ketones is 1. The Kier molecular flexibility index (Phi) is 4.43. The van der Waals surface area contributed by atoms with E-state index in [-0.39, 0.29) is 17.5 Å². The highest BCUT2D eigenvalue weighted by Gasteiger charge is 2.34. The average Bonchev–Trinajstić information content (AvgIpc) is 3.16. The van der Waals surface area contributed by atoms with E-state index in [1.54, 1.807) is 12.1 Å². The molecule has 0 N–H and O–H groups in total. The Morgan fingerprint density at radius 2 is 2.04 bits per heavy atom. The molecule has 2 aromatic carbocycles. The fraction of sp³-hybridized carbons (Fsp3) is 0.350. The Labute approximate surface area is 156 Å². The molecule has 140 valence electrons. The lowest BCUT2D eigenvalue weighted by molar-refractivity contribution is -0.384. The first-order chi connectivity index (χ1) is 13.1. The van der Waals surface area contributed by atoms with Crippen molar-refractivity contribution in [1.82, 2.24) is 0 Å². The molecule has 1 fully saturated rings. The maximum Gasteiger partial charge on any atom is 0.293 e. The molecule has 0 spiro atoms. The fourth-order valence-electron chi connectivity index (χ4n) is 3.87. The third-order valence-electron chi connectivity index (χ3n) is 5.10. The quantitative estimate of drug-likeness (QED) is 0.462. The first-order valence-corrected chi connectivity index (χ1v) is 9.01. The van der Waals surface area contributed by atoms with E-state index in [9.17, 15) is 14.9 Å². The highest BCUT2D eigenvalue weighted by Crippen LogP contribution is 2.46. The van der Waals surface area contributed by atoms with Crippen molar-refractivity contribution in [3.05, 3.63) is 57.6 Å². The molecule has 1 saturated heterocycles. The number of carbonyl (C=O) groups excluding carboxylic acids is 1. The van der Waals surface area contributed by atoms with Gasteiger partial charge in [-0.2, -0.15) is 0 Å². The standard InChI is InChI=1S/C20H20N2O5/c1-13(23)14-7-8-17(18(12-14)22(24)25)21-9-3-5-16(21)15-4-2-6-19-20(15)27-11-10-26-19/h2,4,6-8,12,16H,3,5,9-11H2,1H3. The van der Waals surface area contributed by atoms with Crippen LogP contribution in [-0.4, -0.2) is 30.5 Å². The normalized spacial score (nSPS) is 18.4. The van der Waals surface area contributed by atoms with Crippen molar-refractivity contribution in [3.63, 3.8) is 0 Å². The summed E-state index contributed by atoms with van der Waals surface area (Å²) in [7, 11) is 0. The molecule has 7 heteroatoms. The van der Waals surface area contributed by atoms with Crippen molar-refractivity contribution in [2.24, 2.45) is 0 Å². The first kappa shape index (κ1) is 17.3. The van der Waals surface area contributed by atoms with E-state index < -0.39 is 4.92 Å². The summed E-state index contributed by atoms with van der Waals surface area (Å²) in [5, 5.41) is 11.7. The molecule has 1 unspecified atom stereocenters. The van der Waals surface area contributed by atoms with Crippen LogP contribution in [0.2, 0.25) is 0 Å². The van der Waals surface area contributed by atoms with E-state index >= 15 is 0 Å². The topological polar surface area (TPSA) is 81.9 Å². The zero-order valence-electron chi connectivity index (χ0n) is 15.0. The van der Waals surface area contributed by atoms with Crippen LogP contribution in [0.5, 0.6) is 11.5 Å². The molecule has 0 aromatic heterocycles. The maximum absolute atomic E-state index is 11.7. The second-order valence-electron chi connectivity index (χ2n) is 6.74. The molecular weight excluding hydrogens is 348 g/mol. The minimum Gasteiger partial charge on any atom is -0.486 e. The van der Waals surface area contributed by atoms with Gasteiger partial charge in [0, 0.05) is 23.7 Å². The highest BCUT2D eigenvalue weighted by molar-refractivity contribution is 5.95. The van der Waals surface area contributed by atoms with Crippen LogP contribution in [-0.2, 0) is 0 Å². The molecule has 2 aliphatic rings. The molecule has 2 aromatic rings. The zero-order chi connectivity index (χ0) is 19.0. The van der Waals surface area contributed by atoms with Crippen LogP contribution in [0.15, 0.2) is 36.4 Å². The largest absolute Gasteiger partial charge is 0.486 e. The van der Waals surface area contributed by atoms with E-state index in [1.807, 2.05) is 23.1 Å². The fourth-order valence-corrected chi connectivity index (χ4v) is 3.87. The van der Waals surface area contributed by atoms with Gasteiger partial charge in [-0.15, -0.1) is 0 Å². The molecule has 0 radical (unpaired) electrons. The number of nitro benzene ring substituents is 1. The minimum absolute atomic E-state index is 0.0384. The second-order valence-corrected chi connectivity index (χ2v) is 6.74. The number of anilines is 1. The summed E-state index contributed by atoms with van der Waals surface area (Å²) in [5.41, 5.74) is 1.81.